The fourth-order valence-electron chi connectivity index (χ4n) is 1.27. The number of nitrogens with one attached hydrogen (secondary N) is 1. The van der Waals surface area contributed by atoms with Crippen LogP contribution in [0.15, 0.2) is 6.20 Å². The second-order valence-corrected chi connectivity index (χ2v) is 3.92. The topological polar surface area (TPSA) is 58.0 Å². The van der Waals surface area contributed by atoms with Crippen LogP contribution in [0.25, 0.3) is 0 Å². The van der Waals surface area contributed by atoms with Gasteiger partial charge in [0.15, 0.2) is 0 Å². The number of rotatable bonds is 5. The normalized spacial score (nSPS) is 12.5. The highest BCUT2D eigenvalue weighted by Gasteiger charge is 2.06. The number of aromatic nitrogens is 2. The standard InChI is InChI=1S/C10H16ClN3O/c1-7-6-12-10(11)14-9(7)13-8(2)4-3-5-15/h6,8,15H,3-5H2,1-2H3,(H,12,13,14). The lowest BCUT2D eigenvalue weighted by Gasteiger charge is -2.15. The predicted molar refractivity (Wildman–Crippen MR) is 61.2 cm³/mol. The molecule has 0 bridgehead atoms. The Bertz CT molecular complexity index is 320. The first-order valence-corrected chi connectivity index (χ1v) is 5.38. The van der Waals surface area contributed by atoms with E-state index in [1.165, 1.54) is 0 Å². The third-order valence-electron chi connectivity index (χ3n) is 2.12. The van der Waals surface area contributed by atoms with E-state index in [9.17, 15) is 0 Å². The second kappa shape index (κ2) is 5.88. The molecule has 0 aromatic carbocycles. The molecule has 0 radical (unpaired) electrons. The van der Waals surface area contributed by atoms with E-state index in [0.717, 1.165) is 24.2 Å². The molecule has 5 heteroatoms. The van der Waals surface area contributed by atoms with Gasteiger partial charge < -0.3 is 10.4 Å². The third kappa shape index (κ3) is 4.01. The van der Waals surface area contributed by atoms with Crippen LogP contribution in [0.4, 0.5) is 5.82 Å². The zero-order valence-electron chi connectivity index (χ0n) is 9.00. The van der Waals surface area contributed by atoms with E-state index in [2.05, 4.69) is 15.3 Å². The smallest absolute Gasteiger partial charge is 0.224 e. The Labute approximate surface area is 94.7 Å². The van der Waals surface area contributed by atoms with E-state index in [1.54, 1.807) is 6.20 Å². The number of aliphatic hydroxyl groups excluding tert-OH is 1. The molecule has 0 fully saturated rings. The van der Waals surface area contributed by atoms with Gasteiger partial charge in [-0.25, -0.2) is 9.97 Å². The molecule has 0 aliphatic carbocycles. The molecule has 1 heterocycles. The summed E-state index contributed by atoms with van der Waals surface area (Å²) in [6.45, 7) is 4.19. The minimum Gasteiger partial charge on any atom is -0.396 e. The molecular weight excluding hydrogens is 214 g/mol. The maximum absolute atomic E-state index is 8.71. The van der Waals surface area contributed by atoms with E-state index in [1.807, 2.05) is 13.8 Å². The van der Waals surface area contributed by atoms with Gasteiger partial charge in [0.25, 0.3) is 0 Å². The van der Waals surface area contributed by atoms with E-state index in [-0.39, 0.29) is 17.9 Å². The lowest BCUT2D eigenvalue weighted by Crippen LogP contribution is -2.17. The maximum atomic E-state index is 8.71. The van der Waals surface area contributed by atoms with Gasteiger partial charge in [-0.05, 0) is 38.3 Å². The summed E-state index contributed by atoms with van der Waals surface area (Å²) < 4.78 is 0. The molecule has 84 valence electrons. The molecule has 0 aliphatic heterocycles. The van der Waals surface area contributed by atoms with Gasteiger partial charge in [0.1, 0.15) is 5.82 Å². The lowest BCUT2D eigenvalue weighted by atomic mass is 10.2. The van der Waals surface area contributed by atoms with Crippen LogP contribution in [0.3, 0.4) is 0 Å². The zero-order valence-corrected chi connectivity index (χ0v) is 9.75. The lowest BCUT2D eigenvalue weighted by molar-refractivity contribution is 0.282. The van der Waals surface area contributed by atoms with Crippen molar-refractivity contribution in [1.82, 2.24) is 9.97 Å². The average molecular weight is 230 g/mol. The van der Waals surface area contributed by atoms with Crippen LogP contribution in [0.2, 0.25) is 5.28 Å². The number of aliphatic hydroxyl groups is 1. The second-order valence-electron chi connectivity index (χ2n) is 3.58. The minimum absolute atomic E-state index is 0.218. The van der Waals surface area contributed by atoms with Crippen LogP contribution in [0, 0.1) is 6.92 Å². The van der Waals surface area contributed by atoms with Gasteiger partial charge in [-0.2, -0.15) is 0 Å². The van der Waals surface area contributed by atoms with Crippen LogP contribution in [0.5, 0.6) is 0 Å². The largest absolute Gasteiger partial charge is 0.396 e. The molecule has 1 aromatic rings. The molecule has 0 saturated heterocycles. The van der Waals surface area contributed by atoms with E-state index in [0.29, 0.717) is 0 Å². The number of anilines is 1. The van der Waals surface area contributed by atoms with Gasteiger partial charge >= 0.3 is 0 Å². The van der Waals surface area contributed by atoms with Crippen molar-refractivity contribution in [1.29, 1.82) is 0 Å². The molecule has 1 rings (SSSR count). The molecule has 0 saturated carbocycles. The highest BCUT2D eigenvalue weighted by molar-refractivity contribution is 6.28. The van der Waals surface area contributed by atoms with Crippen LogP contribution >= 0.6 is 11.6 Å². The SMILES string of the molecule is Cc1cnc(Cl)nc1NC(C)CCCO. The van der Waals surface area contributed by atoms with Crippen LogP contribution in [-0.4, -0.2) is 27.7 Å². The summed E-state index contributed by atoms with van der Waals surface area (Å²) in [5.41, 5.74) is 0.968. The van der Waals surface area contributed by atoms with E-state index in [4.69, 9.17) is 16.7 Å². The van der Waals surface area contributed by atoms with Crippen molar-refractivity contribution in [3.05, 3.63) is 17.0 Å². The van der Waals surface area contributed by atoms with Crippen molar-refractivity contribution in [2.45, 2.75) is 32.7 Å². The molecule has 0 spiro atoms. The zero-order chi connectivity index (χ0) is 11.3. The Morgan fingerprint density at radius 3 is 3.00 bits per heavy atom. The highest BCUT2D eigenvalue weighted by atomic mass is 35.5. The number of nitrogens with zero attached hydrogens (tertiary/aromatic N) is 2. The Balaban J connectivity index is 2.59. The van der Waals surface area contributed by atoms with Gasteiger partial charge in [0.05, 0.1) is 0 Å². The first-order chi connectivity index (χ1) is 7.13. The molecule has 15 heavy (non-hydrogen) atoms. The Kier molecular flexibility index (Phi) is 4.78. The minimum atomic E-state index is 0.218. The summed E-state index contributed by atoms with van der Waals surface area (Å²) >= 11 is 5.70. The first kappa shape index (κ1) is 12.2. The van der Waals surface area contributed by atoms with Crippen LogP contribution in [0.1, 0.15) is 25.3 Å². The van der Waals surface area contributed by atoms with Crippen LogP contribution < -0.4 is 5.32 Å². The summed E-state index contributed by atoms with van der Waals surface area (Å²) in [4.78, 5) is 7.98. The maximum Gasteiger partial charge on any atom is 0.224 e. The number of aryl methyl sites for hydroxylation is 1. The quantitative estimate of drug-likeness (QED) is 0.759. The van der Waals surface area contributed by atoms with Crippen molar-refractivity contribution < 1.29 is 5.11 Å². The van der Waals surface area contributed by atoms with Crippen molar-refractivity contribution in [3.8, 4) is 0 Å². The summed E-state index contributed by atoms with van der Waals surface area (Å²) in [7, 11) is 0. The number of hydrogen-bond acceptors (Lipinski definition) is 4. The molecule has 0 amide bonds. The van der Waals surface area contributed by atoms with Gasteiger partial charge in [-0.15, -0.1) is 0 Å². The fraction of sp³-hybridized carbons (Fsp3) is 0.600. The molecule has 1 aromatic heterocycles. The fourth-order valence-corrected chi connectivity index (χ4v) is 1.40. The molecular formula is C10H16ClN3O. The van der Waals surface area contributed by atoms with Gasteiger partial charge in [-0.3, -0.25) is 0 Å². The van der Waals surface area contributed by atoms with Crippen molar-refractivity contribution in [2.24, 2.45) is 0 Å². The number of hydrogen-bond donors (Lipinski definition) is 2. The molecule has 4 nitrogen and oxygen atoms in total. The summed E-state index contributed by atoms with van der Waals surface area (Å²) in [6, 6.07) is 0.266. The first-order valence-electron chi connectivity index (χ1n) is 5.00. The van der Waals surface area contributed by atoms with Crippen LogP contribution in [-0.2, 0) is 0 Å². The van der Waals surface area contributed by atoms with Crippen molar-refractivity contribution in [2.75, 3.05) is 11.9 Å². The van der Waals surface area contributed by atoms with Gasteiger partial charge in [0, 0.05) is 24.4 Å². The predicted octanol–water partition coefficient (Wildman–Crippen LogP) is 2.01. The number of halogens is 1. The van der Waals surface area contributed by atoms with E-state index >= 15 is 0 Å². The average Bonchev–Trinajstić information content (AvgIpc) is 2.20. The molecule has 1 atom stereocenters. The monoisotopic (exact) mass is 229 g/mol. The third-order valence-corrected chi connectivity index (χ3v) is 2.30. The summed E-state index contributed by atoms with van der Waals surface area (Å²) in [5, 5.41) is 12.2. The summed E-state index contributed by atoms with van der Waals surface area (Å²) in [6.07, 6.45) is 3.38. The van der Waals surface area contributed by atoms with Gasteiger partial charge in [0.2, 0.25) is 5.28 Å². The molecule has 0 aliphatic rings. The van der Waals surface area contributed by atoms with Crippen molar-refractivity contribution in [3.63, 3.8) is 0 Å². The Morgan fingerprint density at radius 2 is 2.33 bits per heavy atom. The Morgan fingerprint density at radius 1 is 1.60 bits per heavy atom. The molecule has 1 unspecified atom stereocenters. The van der Waals surface area contributed by atoms with Gasteiger partial charge in [-0.1, -0.05) is 0 Å². The molecule has 2 N–H and O–H groups in total. The van der Waals surface area contributed by atoms with E-state index < -0.39 is 0 Å². The van der Waals surface area contributed by atoms with Crippen molar-refractivity contribution >= 4 is 17.4 Å². The highest BCUT2D eigenvalue weighted by Crippen LogP contribution is 2.14. The summed E-state index contributed by atoms with van der Waals surface area (Å²) in [5.74, 6) is 0.764. The Hall–Kier alpha value is -0.870.